The predicted octanol–water partition coefficient (Wildman–Crippen LogP) is 3.46. The number of benzene rings is 1. The van der Waals surface area contributed by atoms with Crippen LogP contribution >= 0.6 is 11.3 Å². The average molecular weight is 396 g/mol. The van der Waals surface area contributed by atoms with E-state index in [4.69, 9.17) is 0 Å². The minimum absolute atomic E-state index is 0.105. The largest absolute Gasteiger partial charge is 0.350 e. The van der Waals surface area contributed by atoms with Crippen molar-refractivity contribution in [3.8, 4) is 16.3 Å². The molecule has 6 nitrogen and oxygen atoms in total. The molecule has 2 aromatic heterocycles. The van der Waals surface area contributed by atoms with Gasteiger partial charge in [0.05, 0.1) is 11.9 Å². The van der Waals surface area contributed by atoms with Crippen molar-refractivity contribution in [2.24, 2.45) is 5.92 Å². The molecule has 4 rings (SSSR count). The molecule has 0 spiro atoms. The summed E-state index contributed by atoms with van der Waals surface area (Å²) in [4.78, 5) is 19.4. The summed E-state index contributed by atoms with van der Waals surface area (Å²) in [6, 6.07) is 9.94. The first-order valence-corrected chi connectivity index (χ1v) is 10.6. The summed E-state index contributed by atoms with van der Waals surface area (Å²) in [6.07, 6.45) is 6.31. The lowest BCUT2D eigenvalue weighted by molar-refractivity contribution is 0.0941. The molecule has 0 saturated carbocycles. The predicted molar refractivity (Wildman–Crippen MR) is 112 cm³/mol. The summed E-state index contributed by atoms with van der Waals surface area (Å²) in [5.74, 6) is 0.329. The highest BCUT2D eigenvalue weighted by Crippen LogP contribution is 2.24. The molecular formula is C21H25N5OS. The minimum Gasteiger partial charge on any atom is -0.350 e. The van der Waals surface area contributed by atoms with Gasteiger partial charge in [0.1, 0.15) is 10.7 Å². The molecule has 1 atom stereocenters. The molecule has 7 heteroatoms. The third-order valence-corrected chi connectivity index (χ3v) is 5.86. The number of amides is 1. The molecule has 146 valence electrons. The van der Waals surface area contributed by atoms with Gasteiger partial charge in [-0.1, -0.05) is 25.1 Å². The first kappa shape index (κ1) is 18.8. The molecule has 1 amide bonds. The van der Waals surface area contributed by atoms with E-state index in [0.717, 1.165) is 22.8 Å². The first-order chi connectivity index (χ1) is 13.7. The zero-order valence-corrected chi connectivity index (χ0v) is 16.9. The van der Waals surface area contributed by atoms with Gasteiger partial charge >= 0.3 is 0 Å². The van der Waals surface area contributed by atoms with E-state index in [9.17, 15) is 4.79 Å². The maximum atomic E-state index is 12.5. The smallest absolute Gasteiger partial charge is 0.270 e. The van der Waals surface area contributed by atoms with Crippen LogP contribution in [-0.4, -0.2) is 51.8 Å². The molecular weight excluding hydrogens is 370 g/mol. The molecule has 0 radical (unpaired) electrons. The van der Waals surface area contributed by atoms with E-state index < -0.39 is 0 Å². The van der Waals surface area contributed by atoms with Crippen LogP contribution in [0, 0.1) is 5.92 Å². The molecule has 0 aliphatic carbocycles. The van der Waals surface area contributed by atoms with Gasteiger partial charge in [-0.2, -0.15) is 5.10 Å². The summed E-state index contributed by atoms with van der Waals surface area (Å²) >= 11 is 1.47. The fraction of sp³-hybridized carbons (Fsp3) is 0.381. The van der Waals surface area contributed by atoms with Crippen LogP contribution in [0.25, 0.3) is 16.3 Å². The van der Waals surface area contributed by atoms with E-state index in [1.54, 1.807) is 6.20 Å². The van der Waals surface area contributed by atoms with E-state index in [-0.39, 0.29) is 5.91 Å². The van der Waals surface area contributed by atoms with Crippen molar-refractivity contribution in [2.75, 3.05) is 26.2 Å². The summed E-state index contributed by atoms with van der Waals surface area (Å²) in [5, 5.41) is 10.0. The second-order valence-electron chi connectivity index (χ2n) is 7.37. The molecule has 1 N–H and O–H groups in total. The molecule has 1 aromatic carbocycles. The van der Waals surface area contributed by atoms with Gasteiger partial charge < -0.3 is 10.2 Å². The van der Waals surface area contributed by atoms with Crippen LogP contribution in [0.4, 0.5) is 0 Å². The van der Waals surface area contributed by atoms with Gasteiger partial charge in [-0.05, 0) is 44.0 Å². The van der Waals surface area contributed by atoms with Gasteiger partial charge in [0.2, 0.25) is 0 Å². The SMILES string of the molecule is CC(CNC(=O)c1csc(-c2cnn(-c3ccccc3)c2)n1)CN1CCCC1. The molecule has 1 saturated heterocycles. The van der Waals surface area contributed by atoms with Crippen molar-refractivity contribution in [1.29, 1.82) is 0 Å². The van der Waals surface area contributed by atoms with Crippen LogP contribution in [0.5, 0.6) is 0 Å². The van der Waals surface area contributed by atoms with Gasteiger partial charge in [-0.25, -0.2) is 9.67 Å². The number of carbonyl (C=O) groups is 1. The Balaban J connectivity index is 1.35. The second kappa shape index (κ2) is 8.67. The fourth-order valence-electron chi connectivity index (χ4n) is 3.49. The zero-order valence-electron chi connectivity index (χ0n) is 16.0. The summed E-state index contributed by atoms with van der Waals surface area (Å²) in [5.41, 5.74) is 2.38. The van der Waals surface area contributed by atoms with E-state index in [2.05, 4.69) is 27.2 Å². The molecule has 0 bridgehead atoms. The maximum Gasteiger partial charge on any atom is 0.270 e. The fourth-order valence-corrected chi connectivity index (χ4v) is 4.27. The number of nitrogens with one attached hydrogen (secondary N) is 1. The molecule has 1 aliphatic rings. The number of thiazole rings is 1. The van der Waals surface area contributed by atoms with Gasteiger partial charge in [-0.3, -0.25) is 4.79 Å². The quantitative estimate of drug-likeness (QED) is 0.665. The molecule has 3 aromatic rings. The van der Waals surface area contributed by atoms with Gasteiger partial charge in [-0.15, -0.1) is 11.3 Å². The van der Waals surface area contributed by atoms with Gasteiger partial charge in [0, 0.05) is 30.2 Å². The average Bonchev–Trinajstić information content (AvgIpc) is 3.47. The van der Waals surface area contributed by atoms with Crippen molar-refractivity contribution < 1.29 is 4.79 Å². The Morgan fingerprint density at radius 2 is 2.04 bits per heavy atom. The van der Waals surface area contributed by atoms with E-state index in [0.29, 0.717) is 18.2 Å². The minimum atomic E-state index is -0.105. The first-order valence-electron chi connectivity index (χ1n) is 9.75. The Labute approximate surface area is 169 Å². The third kappa shape index (κ3) is 4.48. The van der Waals surface area contributed by atoms with Crippen molar-refractivity contribution in [1.82, 2.24) is 25.0 Å². The Morgan fingerprint density at radius 3 is 2.82 bits per heavy atom. The zero-order chi connectivity index (χ0) is 19.3. The van der Waals surface area contributed by atoms with Crippen molar-refractivity contribution in [3.05, 3.63) is 53.8 Å². The number of para-hydroxylation sites is 1. The molecule has 1 aliphatic heterocycles. The Morgan fingerprint density at radius 1 is 1.25 bits per heavy atom. The topological polar surface area (TPSA) is 63.1 Å². The number of nitrogens with zero attached hydrogens (tertiary/aromatic N) is 4. The number of rotatable bonds is 7. The molecule has 1 unspecified atom stereocenters. The van der Waals surface area contributed by atoms with Crippen LogP contribution in [0.2, 0.25) is 0 Å². The van der Waals surface area contributed by atoms with Crippen LogP contribution in [0.1, 0.15) is 30.3 Å². The number of hydrogen-bond acceptors (Lipinski definition) is 5. The second-order valence-corrected chi connectivity index (χ2v) is 8.23. The molecule has 28 heavy (non-hydrogen) atoms. The number of likely N-dealkylation sites (tertiary alicyclic amines) is 1. The summed E-state index contributed by atoms with van der Waals surface area (Å²) < 4.78 is 1.82. The van der Waals surface area contributed by atoms with Gasteiger partial charge in [0.15, 0.2) is 0 Å². The van der Waals surface area contributed by atoms with Crippen molar-refractivity contribution >= 4 is 17.2 Å². The van der Waals surface area contributed by atoms with E-state index in [1.807, 2.05) is 46.6 Å². The van der Waals surface area contributed by atoms with Crippen molar-refractivity contribution in [3.63, 3.8) is 0 Å². The monoisotopic (exact) mass is 395 g/mol. The number of hydrogen-bond donors (Lipinski definition) is 1. The number of carbonyl (C=O) groups excluding carboxylic acids is 1. The summed E-state index contributed by atoms with van der Waals surface area (Å²) in [6.45, 7) is 6.27. The Bertz CT molecular complexity index is 914. The van der Waals surface area contributed by atoms with E-state index >= 15 is 0 Å². The van der Waals surface area contributed by atoms with Crippen LogP contribution < -0.4 is 5.32 Å². The number of aromatic nitrogens is 3. The Hall–Kier alpha value is -2.51. The Kier molecular flexibility index (Phi) is 5.83. The summed E-state index contributed by atoms with van der Waals surface area (Å²) in [7, 11) is 0. The standard InChI is InChI=1S/C21H25N5OS/c1-16(13-25-9-5-6-10-25)11-22-20(27)19-15-28-21(24-19)17-12-23-26(14-17)18-7-3-2-4-8-18/h2-4,7-8,12,14-16H,5-6,9-11,13H2,1H3,(H,22,27). The highest BCUT2D eigenvalue weighted by atomic mass is 32.1. The lowest BCUT2D eigenvalue weighted by Gasteiger charge is -2.20. The highest BCUT2D eigenvalue weighted by Gasteiger charge is 2.17. The van der Waals surface area contributed by atoms with Crippen molar-refractivity contribution in [2.45, 2.75) is 19.8 Å². The lowest BCUT2D eigenvalue weighted by Crippen LogP contribution is -2.34. The molecule has 1 fully saturated rings. The van der Waals surface area contributed by atoms with Crippen LogP contribution in [-0.2, 0) is 0 Å². The van der Waals surface area contributed by atoms with E-state index in [1.165, 1.54) is 37.3 Å². The normalized spacial score (nSPS) is 15.6. The molecule has 3 heterocycles. The van der Waals surface area contributed by atoms with Gasteiger partial charge in [0.25, 0.3) is 5.91 Å². The lowest BCUT2D eigenvalue weighted by atomic mass is 10.1. The van der Waals surface area contributed by atoms with Crippen LogP contribution in [0.3, 0.4) is 0 Å². The highest BCUT2D eigenvalue weighted by molar-refractivity contribution is 7.13. The third-order valence-electron chi connectivity index (χ3n) is 4.97. The maximum absolute atomic E-state index is 12.5. The van der Waals surface area contributed by atoms with Crippen LogP contribution in [0.15, 0.2) is 48.1 Å².